The lowest BCUT2D eigenvalue weighted by molar-refractivity contribution is -0.137. The van der Waals surface area contributed by atoms with Crippen LogP contribution in [-0.4, -0.2) is 27.1 Å². The molecule has 2 aromatic carbocycles. The zero-order valence-electron chi connectivity index (χ0n) is 11.8. The van der Waals surface area contributed by atoms with Crippen LogP contribution in [0.25, 0.3) is 0 Å². The van der Waals surface area contributed by atoms with E-state index >= 15 is 0 Å². The molecule has 0 aliphatic rings. The molecule has 0 fully saturated rings. The van der Waals surface area contributed by atoms with Gasteiger partial charge in [-0.15, -0.1) is 0 Å². The maximum absolute atomic E-state index is 12.3. The van der Waals surface area contributed by atoms with Crippen molar-refractivity contribution in [3.05, 3.63) is 59.2 Å². The fourth-order valence-electron chi connectivity index (χ4n) is 2.18. The lowest BCUT2D eigenvalue weighted by Gasteiger charge is -2.10. The first-order chi connectivity index (χ1) is 10.5. The van der Waals surface area contributed by atoms with Gasteiger partial charge in [0.15, 0.2) is 17.3 Å². The number of aryl methyl sites for hydroxylation is 1. The highest BCUT2D eigenvalue weighted by atomic mass is 16.4. The summed E-state index contributed by atoms with van der Waals surface area (Å²) in [5.41, 5.74) is 0.852. The molecule has 0 unspecified atom stereocenters. The molecule has 5 nitrogen and oxygen atoms in total. The van der Waals surface area contributed by atoms with E-state index in [2.05, 4.69) is 0 Å². The Balaban J connectivity index is 2.23. The third-order valence-corrected chi connectivity index (χ3v) is 3.35. The van der Waals surface area contributed by atoms with Gasteiger partial charge in [0, 0.05) is 12.0 Å². The molecule has 0 aliphatic carbocycles. The van der Waals surface area contributed by atoms with E-state index in [9.17, 15) is 19.8 Å². The average molecular weight is 300 g/mol. The number of ketones is 1. The van der Waals surface area contributed by atoms with E-state index in [0.29, 0.717) is 24.0 Å². The van der Waals surface area contributed by atoms with E-state index in [4.69, 9.17) is 5.11 Å². The lowest BCUT2D eigenvalue weighted by atomic mass is 9.98. The second-order valence-electron chi connectivity index (χ2n) is 4.91. The van der Waals surface area contributed by atoms with Crippen LogP contribution in [-0.2, 0) is 11.2 Å². The van der Waals surface area contributed by atoms with Gasteiger partial charge in [0.25, 0.3) is 0 Å². The summed E-state index contributed by atoms with van der Waals surface area (Å²) in [5, 5.41) is 28.6. The van der Waals surface area contributed by atoms with E-state index in [1.54, 1.807) is 30.3 Å². The summed E-state index contributed by atoms with van der Waals surface area (Å²) in [6.45, 7) is 0. The van der Waals surface area contributed by atoms with Crippen LogP contribution in [0.5, 0.6) is 11.5 Å². The summed E-state index contributed by atoms with van der Waals surface area (Å²) in [7, 11) is 0. The number of carbonyl (C=O) groups excluding carboxylic acids is 1. The van der Waals surface area contributed by atoms with E-state index in [0.717, 1.165) is 0 Å². The van der Waals surface area contributed by atoms with Crippen LogP contribution < -0.4 is 0 Å². The lowest BCUT2D eigenvalue weighted by Crippen LogP contribution is -2.03. The number of carboxylic acids is 1. The largest absolute Gasteiger partial charge is 0.504 e. The first-order valence-corrected chi connectivity index (χ1v) is 6.86. The van der Waals surface area contributed by atoms with Gasteiger partial charge in [0.05, 0.1) is 5.56 Å². The van der Waals surface area contributed by atoms with Crippen molar-refractivity contribution in [2.75, 3.05) is 0 Å². The minimum atomic E-state index is -0.917. The molecule has 0 bridgehead atoms. The van der Waals surface area contributed by atoms with Gasteiger partial charge in [-0.1, -0.05) is 36.4 Å². The maximum atomic E-state index is 12.3. The summed E-state index contributed by atoms with van der Waals surface area (Å²) in [4.78, 5) is 22.8. The van der Waals surface area contributed by atoms with Gasteiger partial charge in [-0.3, -0.25) is 9.59 Å². The average Bonchev–Trinajstić information content (AvgIpc) is 2.51. The van der Waals surface area contributed by atoms with Crippen LogP contribution >= 0.6 is 0 Å². The minimum absolute atomic E-state index is 0.0192. The van der Waals surface area contributed by atoms with Crippen molar-refractivity contribution in [2.45, 2.75) is 19.3 Å². The van der Waals surface area contributed by atoms with Crippen molar-refractivity contribution in [3.63, 3.8) is 0 Å². The number of aromatic hydroxyl groups is 2. The molecule has 3 N–H and O–H groups in total. The molecule has 114 valence electrons. The van der Waals surface area contributed by atoms with Crippen molar-refractivity contribution in [3.8, 4) is 11.5 Å². The molecular weight excluding hydrogens is 284 g/mol. The molecule has 0 amide bonds. The van der Waals surface area contributed by atoms with Crippen molar-refractivity contribution in [2.24, 2.45) is 0 Å². The Bertz CT molecular complexity index is 692. The summed E-state index contributed by atoms with van der Waals surface area (Å²) in [6, 6.07) is 11.4. The number of hydrogen-bond acceptors (Lipinski definition) is 4. The fourth-order valence-corrected chi connectivity index (χ4v) is 2.18. The van der Waals surface area contributed by atoms with Crippen LogP contribution in [0.4, 0.5) is 0 Å². The highest BCUT2D eigenvalue weighted by molar-refractivity contribution is 6.11. The first-order valence-electron chi connectivity index (χ1n) is 6.86. The minimum Gasteiger partial charge on any atom is -0.504 e. The summed E-state index contributed by atoms with van der Waals surface area (Å²) < 4.78 is 0. The van der Waals surface area contributed by atoms with Gasteiger partial charge >= 0.3 is 5.97 Å². The number of phenols is 2. The molecule has 2 aromatic rings. The van der Waals surface area contributed by atoms with E-state index in [-0.39, 0.29) is 23.5 Å². The second-order valence-corrected chi connectivity index (χ2v) is 4.91. The van der Waals surface area contributed by atoms with Gasteiger partial charge in [-0.25, -0.2) is 0 Å². The van der Waals surface area contributed by atoms with Crippen LogP contribution in [0.2, 0.25) is 0 Å². The molecule has 5 heteroatoms. The Hall–Kier alpha value is -2.82. The molecular formula is C17H16O5. The van der Waals surface area contributed by atoms with Gasteiger partial charge in [0.2, 0.25) is 0 Å². The van der Waals surface area contributed by atoms with Crippen molar-refractivity contribution in [1.29, 1.82) is 0 Å². The quantitative estimate of drug-likeness (QED) is 0.563. The third-order valence-electron chi connectivity index (χ3n) is 3.35. The smallest absolute Gasteiger partial charge is 0.303 e. The monoisotopic (exact) mass is 300 g/mol. The zero-order valence-corrected chi connectivity index (χ0v) is 11.8. The molecule has 0 atom stereocenters. The molecule has 22 heavy (non-hydrogen) atoms. The molecule has 0 saturated carbocycles. The van der Waals surface area contributed by atoms with E-state index in [1.165, 1.54) is 12.1 Å². The third kappa shape index (κ3) is 3.44. The van der Waals surface area contributed by atoms with Crippen LogP contribution in [0, 0.1) is 0 Å². The molecule has 0 spiro atoms. The number of hydrogen-bond donors (Lipinski definition) is 3. The normalized spacial score (nSPS) is 10.4. The SMILES string of the molecule is O=C(O)CCCc1ccc(C(=O)c2ccccc2)c(O)c1O. The Morgan fingerprint density at radius 2 is 1.59 bits per heavy atom. The molecule has 2 rings (SSSR count). The predicted molar refractivity (Wildman–Crippen MR) is 80.2 cm³/mol. The van der Waals surface area contributed by atoms with Crippen LogP contribution in [0.3, 0.4) is 0 Å². The van der Waals surface area contributed by atoms with Crippen molar-refractivity contribution >= 4 is 11.8 Å². The molecule has 0 radical (unpaired) electrons. The molecule has 0 aliphatic heterocycles. The van der Waals surface area contributed by atoms with Gasteiger partial charge in [-0.05, 0) is 24.5 Å². The van der Waals surface area contributed by atoms with E-state index in [1.807, 2.05) is 0 Å². The highest BCUT2D eigenvalue weighted by Crippen LogP contribution is 2.34. The molecule has 0 saturated heterocycles. The van der Waals surface area contributed by atoms with Crippen molar-refractivity contribution < 1.29 is 24.9 Å². The number of phenolic OH excluding ortho intramolecular Hbond substituents is 2. The Morgan fingerprint density at radius 3 is 2.23 bits per heavy atom. The Labute approximate surface area is 127 Å². The summed E-state index contributed by atoms with van der Waals surface area (Å²) in [6.07, 6.45) is 0.630. The maximum Gasteiger partial charge on any atom is 0.303 e. The molecule has 0 heterocycles. The standard InChI is InChI=1S/C17H16O5/c18-14(19)8-4-7-12-9-10-13(17(22)16(12)21)15(20)11-5-2-1-3-6-11/h1-3,5-6,9-10,21-22H,4,7-8H2,(H,18,19). The Kier molecular flexibility index (Phi) is 4.78. The van der Waals surface area contributed by atoms with Crippen LogP contribution in [0.1, 0.15) is 34.3 Å². The van der Waals surface area contributed by atoms with E-state index < -0.39 is 11.7 Å². The number of rotatable bonds is 6. The van der Waals surface area contributed by atoms with Gasteiger partial charge in [-0.2, -0.15) is 0 Å². The predicted octanol–water partition coefficient (Wildman–Crippen LogP) is 2.74. The van der Waals surface area contributed by atoms with Gasteiger partial charge in [0.1, 0.15) is 0 Å². The summed E-state index contributed by atoms with van der Waals surface area (Å²) >= 11 is 0. The van der Waals surface area contributed by atoms with Crippen molar-refractivity contribution in [1.82, 2.24) is 0 Å². The molecule has 0 aromatic heterocycles. The Morgan fingerprint density at radius 1 is 0.909 bits per heavy atom. The number of carboxylic acid groups (broad SMARTS) is 1. The number of aliphatic carboxylic acids is 1. The first kappa shape index (κ1) is 15.6. The zero-order chi connectivity index (χ0) is 16.1. The van der Waals surface area contributed by atoms with Crippen LogP contribution in [0.15, 0.2) is 42.5 Å². The topological polar surface area (TPSA) is 94.8 Å². The number of carbonyl (C=O) groups is 2. The number of benzene rings is 2. The second kappa shape index (κ2) is 6.76. The van der Waals surface area contributed by atoms with Gasteiger partial charge < -0.3 is 15.3 Å². The fraction of sp³-hybridized carbons (Fsp3) is 0.176. The highest BCUT2D eigenvalue weighted by Gasteiger charge is 2.18. The summed E-state index contributed by atoms with van der Waals surface area (Å²) in [5.74, 6) is -2.14.